The van der Waals surface area contributed by atoms with E-state index in [1.165, 1.54) is 31.2 Å². The number of hydrazone groups is 1. The second kappa shape index (κ2) is 9.37. The Morgan fingerprint density at radius 2 is 1.72 bits per heavy atom. The molecule has 0 radical (unpaired) electrons. The molecule has 0 aliphatic carbocycles. The van der Waals surface area contributed by atoms with Gasteiger partial charge in [-0.3, -0.25) is 29.8 Å². The van der Waals surface area contributed by atoms with E-state index in [9.17, 15) is 29.8 Å². The SMILES string of the molecule is C/C(CC(=O)Nc1ccccc1[N+](=O)[O-])=N\NC(=O)c1ccc([N+](=O)[O-])c(Cl)c1. The van der Waals surface area contributed by atoms with E-state index in [0.29, 0.717) is 0 Å². The largest absolute Gasteiger partial charge is 0.320 e. The number of halogens is 1. The van der Waals surface area contributed by atoms with Crippen molar-refractivity contribution in [1.29, 1.82) is 0 Å². The summed E-state index contributed by atoms with van der Waals surface area (Å²) in [6.45, 7) is 1.47. The summed E-state index contributed by atoms with van der Waals surface area (Å²) in [7, 11) is 0. The molecule has 0 saturated carbocycles. The second-order valence-corrected chi connectivity index (χ2v) is 6.12. The summed E-state index contributed by atoms with van der Waals surface area (Å²) in [6, 6.07) is 9.09. The molecule has 0 fully saturated rings. The molecule has 0 bridgehead atoms. The van der Waals surface area contributed by atoms with Gasteiger partial charge in [0.15, 0.2) is 0 Å². The van der Waals surface area contributed by atoms with Crippen LogP contribution in [0.2, 0.25) is 5.02 Å². The van der Waals surface area contributed by atoms with Crippen molar-refractivity contribution in [3.8, 4) is 0 Å². The third kappa shape index (κ3) is 5.81. The minimum atomic E-state index is -0.680. The summed E-state index contributed by atoms with van der Waals surface area (Å²) < 4.78 is 0. The lowest BCUT2D eigenvalue weighted by Crippen LogP contribution is -2.21. The van der Waals surface area contributed by atoms with Crippen LogP contribution in [0.4, 0.5) is 17.1 Å². The summed E-state index contributed by atoms with van der Waals surface area (Å²) in [6.07, 6.45) is -0.229. The van der Waals surface area contributed by atoms with E-state index in [-0.39, 0.29) is 39.8 Å². The maximum atomic E-state index is 12.1. The van der Waals surface area contributed by atoms with Crippen molar-refractivity contribution in [2.45, 2.75) is 13.3 Å². The first-order chi connectivity index (χ1) is 13.7. The lowest BCUT2D eigenvalue weighted by atomic mass is 10.2. The molecule has 2 aromatic carbocycles. The van der Waals surface area contributed by atoms with Crippen LogP contribution in [-0.4, -0.2) is 27.4 Å². The minimum Gasteiger partial charge on any atom is -0.320 e. The second-order valence-electron chi connectivity index (χ2n) is 5.71. The highest BCUT2D eigenvalue weighted by Crippen LogP contribution is 2.25. The summed E-state index contributed by atoms with van der Waals surface area (Å²) in [4.78, 5) is 44.5. The van der Waals surface area contributed by atoms with Crippen molar-refractivity contribution in [2.24, 2.45) is 5.10 Å². The molecule has 0 aliphatic rings. The van der Waals surface area contributed by atoms with E-state index in [2.05, 4.69) is 15.8 Å². The summed E-state index contributed by atoms with van der Waals surface area (Å²) in [5, 5.41) is 27.7. The van der Waals surface area contributed by atoms with Gasteiger partial charge in [-0.05, 0) is 25.1 Å². The molecular weight excluding hydrogens is 406 g/mol. The van der Waals surface area contributed by atoms with Gasteiger partial charge in [0, 0.05) is 23.4 Å². The van der Waals surface area contributed by atoms with E-state index in [1.807, 2.05) is 0 Å². The number of amides is 2. The number of benzene rings is 2. The Morgan fingerprint density at radius 1 is 1.07 bits per heavy atom. The van der Waals surface area contributed by atoms with E-state index >= 15 is 0 Å². The number of anilines is 1. The van der Waals surface area contributed by atoms with Gasteiger partial charge in [-0.1, -0.05) is 23.7 Å². The van der Waals surface area contributed by atoms with Crippen LogP contribution in [0.15, 0.2) is 47.6 Å². The first-order valence-electron chi connectivity index (χ1n) is 7.99. The van der Waals surface area contributed by atoms with Crippen molar-refractivity contribution in [3.05, 3.63) is 73.3 Å². The Morgan fingerprint density at radius 3 is 2.34 bits per heavy atom. The molecule has 2 aromatic rings. The van der Waals surface area contributed by atoms with Gasteiger partial charge in [-0.25, -0.2) is 5.43 Å². The molecule has 150 valence electrons. The predicted octanol–water partition coefficient (Wildman–Crippen LogP) is 3.29. The lowest BCUT2D eigenvalue weighted by Gasteiger charge is -2.06. The number of hydrogen-bond donors (Lipinski definition) is 2. The minimum absolute atomic E-state index is 0.0415. The van der Waals surface area contributed by atoms with Crippen LogP contribution >= 0.6 is 11.6 Å². The molecule has 0 aliphatic heterocycles. The highest BCUT2D eigenvalue weighted by molar-refractivity contribution is 6.33. The third-order valence-electron chi connectivity index (χ3n) is 3.55. The third-order valence-corrected chi connectivity index (χ3v) is 3.85. The molecule has 0 saturated heterocycles. The van der Waals surface area contributed by atoms with E-state index in [1.54, 1.807) is 6.07 Å². The number of nitro groups is 2. The molecule has 2 N–H and O–H groups in total. The molecule has 0 spiro atoms. The Hall–Kier alpha value is -3.86. The molecule has 0 aromatic heterocycles. The maximum Gasteiger partial charge on any atom is 0.292 e. The van der Waals surface area contributed by atoms with Crippen molar-refractivity contribution in [2.75, 3.05) is 5.32 Å². The van der Waals surface area contributed by atoms with Gasteiger partial charge < -0.3 is 5.32 Å². The Kier molecular flexibility index (Phi) is 6.93. The number of nitro benzene ring substituents is 2. The molecule has 0 unspecified atom stereocenters. The van der Waals surface area contributed by atoms with Crippen molar-refractivity contribution in [1.82, 2.24) is 5.43 Å². The van der Waals surface area contributed by atoms with E-state index in [4.69, 9.17) is 11.6 Å². The van der Waals surface area contributed by atoms with Crippen LogP contribution in [0.5, 0.6) is 0 Å². The summed E-state index contributed by atoms with van der Waals surface area (Å²) >= 11 is 5.75. The molecule has 11 nitrogen and oxygen atoms in total. The fourth-order valence-electron chi connectivity index (χ4n) is 2.21. The number of para-hydroxylation sites is 2. The van der Waals surface area contributed by atoms with Crippen molar-refractivity contribution in [3.63, 3.8) is 0 Å². The normalized spacial score (nSPS) is 10.9. The van der Waals surface area contributed by atoms with Crippen molar-refractivity contribution >= 4 is 46.2 Å². The number of rotatable bonds is 7. The highest BCUT2D eigenvalue weighted by atomic mass is 35.5. The fraction of sp³-hybridized carbons (Fsp3) is 0.118. The summed E-state index contributed by atoms with van der Waals surface area (Å²) in [5.74, 6) is -1.24. The standard InChI is InChI=1S/C17H14ClN5O6/c1-10(8-16(24)19-13-4-2-3-5-15(13)23(28)29)20-21-17(25)11-6-7-14(22(26)27)12(18)9-11/h2-7,9H,8H2,1H3,(H,19,24)(H,21,25)/b20-10+. The van der Waals surface area contributed by atoms with Gasteiger partial charge >= 0.3 is 0 Å². The van der Waals surface area contributed by atoms with E-state index < -0.39 is 21.7 Å². The van der Waals surface area contributed by atoms with Crippen LogP contribution in [-0.2, 0) is 4.79 Å². The molecule has 0 atom stereocenters. The molecule has 29 heavy (non-hydrogen) atoms. The number of nitrogens with one attached hydrogen (secondary N) is 2. The quantitative estimate of drug-likeness (QED) is 0.398. The smallest absolute Gasteiger partial charge is 0.292 e. The van der Waals surface area contributed by atoms with Gasteiger partial charge in [-0.2, -0.15) is 5.10 Å². The van der Waals surface area contributed by atoms with Crippen LogP contribution in [0.1, 0.15) is 23.7 Å². The molecule has 12 heteroatoms. The molecule has 2 rings (SSSR count). The van der Waals surface area contributed by atoms with Gasteiger partial charge in [-0.15, -0.1) is 0 Å². The summed E-state index contributed by atoms with van der Waals surface area (Å²) in [5.41, 5.74) is 1.93. The van der Waals surface area contributed by atoms with Gasteiger partial charge in [0.25, 0.3) is 17.3 Å². The molecular formula is C17H14ClN5O6. The maximum absolute atomic E-state index is 12.1. The Bertz CT molecular complexity index is 1020. The van der Waals surface area contributed by atoms with Gasteiger partial charge in [0.05, 0.1) is 16.3 Å². The topological polar surface area (TPSA) is 157 Å². The number of hydrogen-bond acceptors (Lipinski definition) is 7. The number of nitrogens with zero attached hydrogens (tertiary/aromatic N) is 3. The fourth-order valence-corrected chi connectivity index (χ4v) is 2.46. The molecule has 0 heterocycles. The van der Waals surface area contributed by atoms with Crippen LogP contribution in [0.3, 0.4) is 0 Å². The molecule has 2 amide bonds. The lowest BCUT2D eigenvalue weighted by molar-refractivity contribution is -0.384. The van der Waals surface area contributed by atoms with E-state index in [0.717, 1.165) is 12.1 Å². The number of carbonyl (C=O) groups is 2. The van der Waals surface area contributed by atoms with Crippen LogP contribution in [0.25, 0.3) is 0 Å². The first kappa shape index (κ1) is 21.4. The average Bonchev–Trinajstić information content (AvgIpc) is 2.65. The monoisotopic (exact) mass is 419 g/mol. The first-order valence-corrected chi connectivity index (χ1v) is 8.37. The van der Waals surface area contributed by atoms with Gasteiger partial charge in [0.1, 0.15) is 10.7 Å². The van der Waals surface area contributed by atoms with Gasteiger partial charge in [0.2, 0.25) is 5.91 Å². The average molecular weight is 420 g/mol. The Labute approximate surface area is 168 Å². The number of carbonyl (C=O) groups excluding carboxylic acids is 2. The van der Waals surface area contributed by atoms with Crippen LogP contribution in [0, 0.1) is 20.2 Å². The zero-order valence-electron chi connectivity index (χ0n) is 14.9. The Balaban J connectivity index is 1.99. The predicted molar refractivity (Wildman–Crippen MR) is 105 cm³/mol. The highest BCUT2D eigenvalue weighted by Gasteiger charge is 2.16. The van der Waals surface area contributed by atoms with Crippen molar-refractivity contribution < 1.29 is 19.4 Å². The zero-order chi connectivity index (χ0) is 21.6. The zero-order valence-corrected chi connectivity index (χ0v) is 15.7. The van der Waals surface area contributed by atoms with Crippen LogP contribution < -0.4 is 10.7 Å².